The van der Waals surface area contributed by atoms with Gasteiger partial charge in [-0.1, -0.05) is 48.5 Å². The molecule has 1 aromatic heterocycles. The van der Waals surface area contributed by atoms with Gasteiger partial charge in [-0.15, -0.1) is 0 Å². The molecule has 0 unspecified atom stereocenters. The molecule has 2 aromatic carbocycles. The maximum absolute atomic E-state index is 12.3. The fourth-order valence-corrected chi connectivity index (χ4v) is 2.50. The van der Waals surface area contributed by atoms with Crippen molar-refractivity contribution in [1.29, 1.82) is 0 Å². The van der Waals surface area contributed by atoms with Gasteiger partial charge < -0.3 is 10.3 Å². The highest BCUT2D eigenvalue weighted by Crippen LogP contribution is 2.12. The molecule has 0 saturated heterocycles. The molecule has 3 rings (SSSR count). The van der Waals surface area contributed by atoms with E-state index < -0.39 is 5.69 Å². The SMILES string of the molecule is O=C(NCCCc1ccccc1)c1nc(=O)[nH]c2ccccc12. The van der Waals surface area contributed by atoms with Crippen LogP contribution in [0.1, 0.15) is 22.5 Å². The van der Waals surface area contributed by atoms with Crippen LogP contribution in [0.3, 0.4) is 0 Å². The van der Waals surface area contributed by atoms with Crippen molar-refractivity contribution in [3.63, 3.8) is 0 Å². The number of aromatic nitrogens is 2. The molecule has 0 aliphatic heterocycles. The van der Waals surface area contributed by atoms with E-state index >= 15 is 0 Å². The van der Waals surface area contributed by atoms with Crippen LogP contribution in [0.15, 0.2) is 59.4 Å². The normalized spacial score (nSPS) is 10.6. The summed E-state index contributed by atoms with van der Waals surface area (Å²) in [7, 11) is 0. The van der Waals surface area contributed by atoms with Crippen molar-refractivity contribution in [2.75, 3.05) is 6.54 Å². The summed E-state index contributed by atoms with van der Waals surface area (Å²) in [5.41, 5.74) is 1.51. The number of benzene rings is 2. The molecule has 0 aliphatic rings. The van der Waals surface area contributed by atoms with Crippen LogP contribution >= 0.6 is 0 Å². The fourth-order valence-electron chi connectivity index (χ4n) is 2.50. The topological polar surface area (TPSA) is 74.8 Å². The largest absolute Gasteiger partial charge is 0.351 e. The van der Waals surface area contributed by atoms with Crippen LogP contribution in [0.4, 0.5) is 0 Å². The monoisotopic (exact) mass is 307 g/mol. The summed E-state index contributed by atoms with van der Waals surface area (Å²) >= 11 is 0. The van der Waals surface area contributed by atoms with E-state index in [2.05, 4.69) is 27.4 Å². The maximum atomic E-state index is 12.3. The number of carbonyl (C=O) groups is 1. The van der Waals surface area contributed by atoms with Gasteiger partial charge in [0.05, 0.1) is 5.52 Å². The Labute approximate surface area is 133 Å². The van der Waals surface area contributed by atoms with E-state index in [9.17, 15) is 9.59 Å². The third-order valence-electron chi connectivity index (χ3n) is 3.62. The number of fused-ring (bicyclic) bond motifs is 1. The second kappa shape index (κ2) is 6.87. The van der Waals surface area contributed by atoms with E-state index in [4.69, 9.17) is 0 Å². The first-order valence-electron chi connectivity index (χ1n) is 7.55. The number of carbonyl (C=O) groups excluding carboxylic acids is 1. The van der Waals surface area contributed by atoms with Crippen LogP contribution < -0.4 is 11.0 Å². The van der Waals surface area contributed by atoms with Gasteiger partial charge in [0, 0.05) is 11.9 Å². The second-order valence-corrected chi connectivity index (χ2v) is 5.28. The summed E-state index contributed by atoms with van der Waals surface area (Å²) in [6, 6.07) is 17.3. The summed E-state index contributed by atoms with van der Waals surface area (Å²) in [6.07, 6.45) is 1.72. The predicted octanol–water partition coefficient (Wildman–Crippen LogP) is 2.29. The predicted molar refractivity (Wildman–Crippen MR) is 89.5 cm³/mol. The minimum Gasteiger partial charge on any atom is -0.351 e. The van der Waals surface area contributed by atoms with E-state index in [1.54, 1.807) is 18.2 Å². The number of nitrogens with one attached hydrogen (secondary N) is 2. The lowest BCUT2D eigenvalue weighted by molar-refractivity contribution is 0.0949. The van der Waals surface area contributed by atoms with E-state index in [0.717, 1.165) is 12.8 Å². The van der Waals surface area contributed by atoms with Gasteiger partial charge in [0.15, 0.2) is 0 Å². The summed E-state index contributed by atoms with van der Waals surface area (Å²) in [6.45, 7) is 0.538. The smallest absolute Gasteiger partial charge is 0.346 e. The van der Waals surface area contributed by atoms with Crippen molar-refractivity contribution in [2.45, 2.75) is 12.8 Å². The highest BCUT2D eigenvalue weighted by atomic mass is 16.2. The Kier molecular flexibility index (Phi) is 4.47. The Morgan fingerprint density at radius 2 is 1.78 bits per heavy atom. The molecule has 1 heterocycles. The molecule has 116 valence electrons. The Morgan fingerprint density at radius 3 is 2.61 bits per heavy atom. The van der Waals surface area contributed by atoms with E-state index in [-0.39, 0.29) is 11.6 Å². The molecule has 0 saturated carbocycles. The van der Waals surface area contributed by atoms with Gasteiger partial charge in [0.1, 0.15) is 5.69 Å². The molecule has 2 N–H and O–H groups in total. The van der Waals surface area contributed by atoms with Crippen molar-refractivity contribution in [3.8, 4) is 0 Å². The zero-order valence-electron chi connectivity index (χ0n) is 12.6. The third-order valence-corrected chi connectivity index (χ3v) is 3.62. The number of aryl methyl sites for hydroxylation is 1. The Bertz CT molecular complexity index is 872. The lowest BCUT2D eigenvalue weighted by atomic mass is 10.1. The van der Waals surface area contributed by atoms with Crippen LogP contribution in [0.25, 0.3) is 10.9 Å². The Balaban J connectivity index is 1.66. The highest BCUT2D eigenvalue weighted by molar-refractivity contribution is 6.04. The fraction of sp³-hybridized carbons (Fsp3) is 0.167. The van der Waals surface area contributed by atoms with E-state index in [1.807, 2.05) is 24.3 Å². The number of nitrogens with zero attached hydrogens (tertiary/aromatic N) is 1. The van der Waals surface area contributed by atoms with Gasteiger partial charge in [-0.2, -0.15) is 4.98 Å². The van der Waals surface area contributed by atoms with Crippen LogP contribution in [-0.4, -0.2) is 22.4 Å². The molecule has 0 fully saturated rings. The average molecular weight is 307 g/mol. The summed E-state index contributed by atoms with van der Waals surface area (Å²) < 4.78 is 0. The molecule has 0 spiro atoms. The molecule has 0 atom stereocenters. The summed E-state index contributed by atoms with van der Waals surface area (Å²) in [5.74, 6) is -0.319. The highest BCUT2D eigenvalue weighted by Gasteiger charge is 2.12. The first kappa shape index (κ1) is 15.0. The second-order valence-electron chi connectivity index (χ2n) is 5.28. The van der Waals surface area contributed by atoms with Crippen LogP contribution in [0, 0.1) is 0 Å². The molecule has 23 heavy (non-hydrogen) atoms. The van der Waals surface area contributed by atoms with Crippen molar-refractivity contribution in [2.24, 2.45) is 0 Å². The maximum Gasteiger partial charge on any atom is 0.346 e. The summed E-state index contributed by atoms with van der Waals surface area (Å²) in [4.78, 5) is 30.3. The lowest BCUT2D eigenvalue weighted by Gasteiger charge is -2.07. The molecular formula is C18H17N3O2. The number of para-hydroxylation sites is 1. The third kappa shape index (κ3) is 3.63. The molecule has 1 amide bonds. The average Bonchev–Trinajstić information content (AvgIpc) is 2.58. The quantitative estimate of drug-likeness (QED) is 0.710. The van der Waals surface area contributed by atoms with Gasteiger partial charge >= 0.3 is 5.69 Å². The van der Waals surface area contributed by atoms with Crippen molar-refractivity contribution < 1.29 is 4.79 Å². The molecule has 5 heteroatoms. The number of amides is 1. The van der Waals surface area contributed by atoms with Gasteiger partial charge in [0.2, 0.25) is 0 Å². The Morgan fingerprint density at radius 1 is 1.04 bits per heavy atom. The van der Waals surface area contributed by atoms with Crippen LogP contribution in [0.5, 0.6) is 0 Å². The standard InChI is InChI=1S/C18H17N3O2/c22-17(19-12-6-9-13-7-2-1-3-8-13)16-14-10-4-5-11-15(14)20-18(23)21-16/h1-5,7-8,10-11H,6,9,12H2,(H,19,22)(H,20,21,23). The molecule has 0 radical (unpaired) electrons. The van der Waals surface area contributed by atoms with Crippen LogP contribution in [0.2, 0.25) is 0 Å². The molecule has 0 aliphatic carbocycles. The van der Waals surface area contributed by atoms with E-state index in [1.165, 1.54) is 5.56 Å². The molecule has 0 bridgehead atoms. The van der Waals surface area contributed by atoms with Crippen molar-refractivity contribution in [1.82, 2.24) is 15.3 Å². The molecule has 5 nitrogen and oxygen atoms in total. The van der Waals surface area contributed by atoms with Crippen molar-refractivity contribution in [3.05, 3.63) is 76.3 Å². The number of hydrogen-bond donors (Lipinski definition) is 2. The molecular weight excluding hydrogens is 290 g/mol. The first-order chi connectivity index (χ1) is 11.2. The Hall–Kier alpha value is -2.95. The van der Waals surface area contributed by atoms with Gasteiger partial charge in [-0.3, -0.25) is 4.79 Å². The minimum atomic E-state index is -0.516. The van der Waals surface area contributed by atoms with Gasteiger partial charge in [-0.05, 0) is 24.5 Å². The minimum absolute atomic E-state index is 0.170. The van der Waals surface area contributed by atoms with Crippen molar-refractivity contribution >= 4 is 16.8 Å². The lowest BCUT2D eigenvalue weighted by Crippen LogP contribution is -2.28. The number of aromatic amines is 1. The number of hydrogen-bond acceptors (Lipinski definition) is 3. The zero-order valence-corrected chi connectivity index (χ0v) is 12.6. The molecule has 3 aromatic rings. The van der Waals surface area contributed by atoms with Crippen LogP contribution in [-0.2, 0) is 6.42 Å². The van der Waals surface area contributed by atoms with Gasteiger partial charge in [0.25, 0.3) is 5.91 Å². The number of H-pyrrole nitrogens is 1. The zero-order chi connectivity index (χ0) is 16.1. The van der Waals surface area contributed by atoms with E-state index in [0.29, 0.717) is 17.4 Å². The first-order valence-corrected chi connectivity index (χ1v) is 7.55. The number of rotatable bonds is 5. The van der Waals surface area contributed by atoms with Gasteiger partial charge in [-0.25, -0.2) is 4.79 Å². The summed E-state index contributed by atoms with van der Waals surface area (Å²) in [5, 5.41) is 3.48.